The Morgan fingerprint density at radius 2 is 2.28 bits per heavy atom. The number of carbonyl (C=O) groups is 1. The van der Waals surface area contributed by atoms with E-state index in [2.05, 4.69) is 4.90 Å². The Morgan fingerprint density at radius 1 is 1.44 bits per heavy atom. The third-order valence-corrected chi connectivity index (χ3v) is 4.47. The van der Waals surface area contributed by atoms with Gasteiger partial charge in [0.1, 0.15) is 0 Å². The molecule has 96 valence electrons. The van der Waals surface area contributed by atoms with Gasteiger partial charge in [0.15, 0.2) is 0 Å². The Bertz CT molecular complexity index is 471. The molecule has 1 aliphatic heterocycles. The number of nitrogens with two attached hydrogens (primary N) is 1. The van der Waals surface area contributed by atoms with Crippen molar-refractivity contribution in [2.75, 3.05) is 12.3 Å². The van der Waals surface area contributed by atoms with E-state index in [4.69, 9.17) is 5.73 Å². The molecule has 1 saturated heterocycles. The molecular formula is C15H20N2O. The third-order valence-electron chi connectivity index (χ3n) is 4.47. The highest BCUT2D eigenvalue weighted by atomic mass is 16.2. The van der Waals surface area contributed by atoms with E-state index in [-0.39, 0.29) is 11.8 Å². The molecule has 3 rings (SSSR count). The van der Waals surface area contributed by atoms with Crippen LogP contribution < -0.4 is 5.73 Å². The molecule has 3 heteroatoms. The molecule has 2 aliphatic rings. The molecule has 3 nitrogen and oxygen atoms in total. The first kappa shape index (κ1) is 11.6. The lowest BCUT2D eigenvalue weighted by molar-refractivity contribution is -0.134. The summed E-state index contributed by atoms with van der Waals surface area (Å²) in [4.78, 5) is 14.6. The Morgan fingerprint density at radius 3 is 2.89 bits per heavy atom. The molecule has 0 spiro atoms. The van der Waals surface area contributed by atoms with Crippen LogP contribution in [0, 0.1) is 5.92 Å². The molecule has 1 aromatic rings. The summed E-state index contributed by atoms with van der Waals surface area (Å²) in [5.41, 5.74) is 7.55. The summed E-state index contributed by atoms with van der Waals surface area (Å²) in [6.07, 6.45) is 3.72. The second-order valence-corrected chi connectivity index (χ2v) is 5.72. The van der Waals surface area contributed by atoms with E-state index in [0.29, 0.717) is 6.04 Å². The molecule has 1 aliphatic carbocycles. The number of nitrogens with zero attached hydrogens (tertiary/aromatic N) is 1. The fraction of sp³-hybridized carbons (Fsp3) is 0.533. The molecular weight excluding hydrogens is 224 g/mol. The van der Waals surface area contributed by atoms with Crippen LogP contribution in [-0.2, 0) is 4.79 Å². The number of benzene rings is 1. The van der Waals surface area contributed by atoms with Crippen molar-refractivity contribution in [3.05, 3.63) is 29.8 Å². The van der Waals surface area contributed by atoms with Crippen LogP contribution in [-0.4, -0.2) is 23.4 Å². The van der Waals surface area contributed by atoms with E-state index in [9.17, 15) is 4.79 Å². The molecule has 1 aromatic carbocycles. The van der Waals surface area contributed by atoms with Gasteiger partial charge in [0.2, 0.25) is 5.91 Å². The summed E-state index contributed by atoms with van der Waals surface area (Å²) in [5, 5.41) is 0. The maximum atomic E-state index is 12.5. The smallest absolute Gasteiger partial charge is 0.230 e. The van der Waals surface area contributed by atoms with E-state index in [0.717, 1.165) is 23.7 Å². The fourth-order valence-corrected chi connectivity index (χ4v) is 3.41. The van der Waals surface area contributed by atoms with Crippen molar-refractivity contribution in [3.63, 3.8) is 0 Å². The van der Waals surface area contributed by atoms with Crippen molar-refractivity contribution in [3.8, 4) is 0 Å². The number of nitrogen functional groups attached to an aromatic ring is 1. The molecule has 3 unspecified atom stereocenters. The van der Waals surface area contributed by atoms with Crippen LogP contribution in [0.2, 0.25) is 0 Å². The lowest BCUT2D eigenvalue weighted by atomic mass is 9.98. The average molecular weight is 244 g/mol. The van der Waals surface area contributed by atoms with Crippen LogP contribution in [0.1, 0.15) is 37.7 Å². The number of hydrogen-bond acceptors (Lipinski definition) is 2. The highest BCUT2D eigenvalue weighted by Gasteiger charge is 2.41. The van der Waals surface area contributed by atoms with Crippen LogP contribution in [0.15, 0.2) is 24.3 Å². The molecule has 18 heavy (non-hydrogen) atoms. The molecule has 0 radical (unpaired) electrons. The minimum atomic E-state index is -0.0761. The molecule has 2 bridgehead atoms. The van der Waals surface area contributed by atoms with Gasteiger partial charge in [-0.1, -0.05) is 12.1 Å². The van der Waals surface area contributed by atoms with Gasteiger partial charge in [-0.05, 0) is 49.8 Å². The van der Waals surface area contributed by atoms with E-state index in [1.54, 1.807) is 0 Å². The number of anilines is 1. The maximum absolute atomic E-state index is 12.5. The van der Waals surface area contributed by atoms with Crippen molar-refractivity contribution in [2.45, 2.75) is 38.1 Å². The van der Waals surface area contributed by atoms with Crippen molar-refractivity contribution in [1.29, 1.82) is 0 Å². The number of piperidine rings is 1. The second kappa shape index (κ2) is 4.30. The number of carbonyl (C=O) groups excluding carboxylic acids is 1. The first-order chi connectivity index (χ1) is 8.65. The Labute approximate surface area is 108 Å². The average Bonchev–Trinajstić information content (AvgIpc) is 2.99. The highest BCUT2D eigenvalue weighted by molar-refractivity contribution is 5.84. The molecule has 3 atom stereocenters. The summed E-state index contributed by atoms with van der Waals surface area (Å²) < 4.78 is 0. The van der Waals surface area contributed by atoms with Gasteiger partial charge in [-0.3, -0.25) is 4.79 Å². The first-order valence-corrected chi connectivity index (χ1v) is 6.81. The topological polar surface area (TPSA) is 46.3 Å². The highest BCUT2D eigenvalue weighted by Crippen LogP contribution is 2.38. The Hall–Kier alpha value is -1.51. The van der Waals surface area contributed by atoms with Crippen LogP contribution in [0.25, 0.3) is 0 Å². The Kier molecular flexibility index (Phi) is 2.77. The van der Waals surface area contributed by atoms with E-state index in [1.165, 1.54) is 19.3 Å². The summed E-state index contributed by atoms with van der Waals surface area (Å²) in [5.74, 6) is 0.952. The van der Waals surface area contributed by atoms with Gasteiger partial charge < -0.3 is 10.6 Å². The van der Waals surface area contributed by atoms with E-state index < -0.39 is 0 Å². The van der Waals surface area contributed by atoms with Crippen molar-refractivity contribution < 1.29 is 4.79 Å². The zero-order valence-electron chi connectivity index (χ0n) is 10.8. The van der Waals surface area contributed by atoms with Crippen LogP contribution in [0.5, 0.6) is 0 Å². The zero-order valence-corrected chi connectivity index (χ0v) is 10.8. The molecule has 0 aromatic heterocycles. The first-order valence-electron chi connectivity index (χ1n) is 6.81. The molecule has 2 fully saturated rings. The standard InChI is InChI=1S/C15H20N2O/c1-10(12-3-2-4-13(16)8-12)15(18)17-9-11-5-6-14(17)7-11/h2-4,8,10-11,14H,5-7,9,16H2,1H3. The summed E-state index contributed by atoms with van der Waals surface area (Å²) in [6.45, 7) is 2.96. The van der Waals surface area contributed by atoms with Gasteiger partial charge in [0.25, 0.3) is 0 Å². The van der Waals surface area contributed by atoms with Gasteiger partial charge in [0, 0.05) is 18.3 Å². The number of amides is 1. The lowest BCUT2D eigenvalue weighted by Gasteiger charge is -2.29. The van der Waals surface area contributed by atoms with Gasteiger partial charge in [-0.25, -0.2) is 0 Å². The predicted molar refractivity (Wildman–Crippen MR) is 72.1 cm³/mol. The normalized spacial score (nSPS) is 27.5. The van der Waals surface area contributed by atoms with E-state index in [1.807, 2.05) is 31.2 Å². The fourth-order valence-electron chi connectivity index (χ4n) is 3.41. The molecule has 2 N–H and O–H groups in total. The van der Waals surface area contributed by atoms with Gasteiger partial charge >= 0.3 is 0 Å². The summed E-state index contributed by atoms with van der Waals surface area (Å²) in [6, 6.07) is 8.19. The van der Waals surface area contributed by atoms with Gasteiger partial charge in [-0.15, -0.1) is 0 Å². The lowest BCUT2D eigenvalue weighted by Crippen LogP contribution is -2.40. The SMILES string of the molecule is CC(C(=O)N1CC2CCC1C2)c1cccc(N)c1. The van der Waals surface area contributed by atoms with Crippen molar-refractivity contribution >= 4 is 11.6 Å². The predicted octanol–water partition coefficient (Wildman–Crippen LogP) is 2.38. The van der Waals surface area contributed by atoms with Gasteiger partial charge in [-0.2, -0.15) is 0 Å². The van der Waals surface area contributed by atoms with E-state index >= 15 is 0 Å². The summed E-state index contributed by atoms with van der Waals surface area (Å²) in [7, 11) is 0. The Balaban J connectivity index is 1.76. The number of likely N-dealkylation sites (tertiary alicyclic amines) is 1. The maximum Gasteiger partial charge on any atom is 0.230 e. The number of rotatable bonds is 2. The van der Waals surface area contributed by atoms with Crippen molar-refractivity contribution in [1.82, 2.24) is 4.90 Å². The number of hydrogen-bond donors (Lipinski definition) is 1. The quantitative estimate of drug-likeness (QED) is 0.812. The van der Waals surface area contributed by atoms with Gasteiger partial charge in [0.05, 0.1) is 5.92 Å². The monoisotopic (exact) mass is 244 g/mol. The van der Waals surface area contributed by atoms with Crippen molar-refractivity contribution in [2.24, 2.45) is 5.92 Å². The molecule has 1 heterocycles. The summed E-state index contributed by atoms with van der Waals surface area (Å²) >= 11 is 0. The minimum Gasteiger partial charge on any atom is -0.399 e. The largest absolute Gasteiger partial charge is 0.399 e. The van der Waals surface area contributed by atoms with Crippen LogP contribution in [0.4, 0.5) is 5.69 Å². The number of fused-ring (bicyclic) bond motifs is 2. The zero-order chi connectivity index (χ0) is 12.7. The minimum absolute atomic E-state index is 0.0761. The molecule has 1 amide bonds. The second-order valence-electron chi connectivity index (χ2n) is 5.72. The van der Waals surface area contributed by atoms with Crippen LogP contribution >= 0.6 is 0 Å². The molecule has 1 saturated carbocycles. The third kappa shape index (κ3) is 1.88. The van der Waals surface area contributed by atoms with Crippen LogP contribution in [0.3, 0.4) is 0 Å².